The lowest BCUT2D eigenvalue weighted by Gasteiger charge is -2.17. The quantitative estimate of drug-likeness (QED) is 0.263. The van der Waals surface area contributed by atoms with Crippen molar-refractivity contribution in [3.05, 3.63) is 77.0 Å². The third kappa shape index (κ3) is 3.95. The van der Waals surface area contributed by atoms with E-state index in [0.29, 0.717) is 42.9 Å². The van der Waals surface area contributed by atoms with Gasteiger partial charge < -0.3 is 30.6 Å². The average molecular weight is 463 g/mol. The molecule has 1 aliphatic rings. The highest BCUT2D eigenvalue weighted by Crippen LogP contribution is 2.39. The van der Waals surface area contributed by atoms with E-state index in [-0.39, 0.29) is 12.4 Å². The van der Waals surface area contributed by atoms with E-state index >= 15 is 4.39 Å². The predicted octanol–water partition coefficient (Wildman–Crippen LogP) is 4.58. The number of hydrogen-bond donors (Lipinski definition) is 5. The third-order valence-electron chi connectivity index (χ3n) is 6.41. The van der Waals surface area contributed by atoms with Gasteiger partial charge in [0.05, 0.1) is 42.4 Å². The molecule has 5 N–H and O–H groups in total. The van der Waals surface area contributed by atoms with E-state index in [1.807, 2.05) is 30.5 Å². The second-order valence-electron chi connectivity index (χ2n) is 8.40. The van der Waals surface area contributed by atoms with Crippen molar-refractivity contribution in [1.82, 2.24) is 9.97 Å². The van der Waals surface area contributed by atoms with Crippen molar-refractivity contribution in [3.8, 4) is 5.75 Å². The Morgan fingerprint density at radius 3 is 2.82 bits per heavy atom. The number of pyridine rings is 1. The molecule has 2 aromatic heterocycles. The first-order chi connectivity index (χ1) is 16.6. The number of aliphatic hydroxyl groups excluding tert-OH is 2. The molecule has 0 saturated heterocycles. The summed E-state index contributed by atoms with van der Waals surface area (Å²) in [6, 6.07) is 11.1. The monoisotopic (exact) mass is 462 g/mol. The van der Waals surface area contributed by atoms with E-state index in [1.54, 1.807) is 18.3 Å². The van der Waals surface area contributed by atoms with Gasteiger partial charge in [0, 0.05) is 35.6 Å². The van der Waals surface area contributed by atoms with Gasteiger partial charge in [0.15, 0.2) is 11.6 Å². The maximum atomic E-state index is 15.3. The van der Waals surface area contributed by atoms with Crippen molar-refractivity contribution in [3.63, 3.8) is 0 Å². The molecule has 0 fully saturated rings. The molecule has 7 nitrogen and oxygen atoms in total. The van der Waals surface area contributed by atoms with Crippen molar-refractivity contribution in [1.29, 1.82) is 0 Å². The van der Waals surface area contributed by atoms with Crippen LogP contribution in [-0.4, -0.2) is 33.8 Å². The number of nitrogens with zero attached hydrogens (tertiary/aromatic N) is 1. The van der Waals surface area contributed by atoms with Crippen LogP contribution in [0.3, 0.4) is 0 Å². The highest BCUT2D eigenvalue weighted by molar-refractivity contribution is 5.86. The maximum Gasteiger partial charge on any atom is 0.190 e. The van der Waals surface area contributed by atoms with Crippen LogP contribution in [0.2, 0.25) is 0 Å². The van der Waals surface area contributed by atoms with Crippen molar-refractivity contribution in [2.75, 3.05) is 24.3 Å². The summed E-state index contributed by atoms with van der Waals surface area (Å²) >= 11 is 0. The first-order valence-corrected chi connectivity index (χ1v) is 11.3. The van der Waals surface area contributed by atoms with Gasteiger partial charge in [0.1, 0.15) is 0 Å². The number of nitrogens with one attached hydrogen (secondary N) is 3. The molecule has 34 heavy (non-hydrogen) atoms. The Kier molecular flexibility index (Phi) is 6.08. The van der Waals surface area contributed by atoms with Gasteiger partial charge in [-0.05, 0) is 48.6 Å². The topological polar surface area (TPSA) is 102 Å². The smallest absolute Gasteiger partial charge is 0.190 e. The van der Waals surface area contributed by atoms with Crippen molar-refractivity contribution < 1.29 is 19.3 Å². The molecule has 2 aromatic carbocycles. The minimum atomic E-state index is -0.561. The van der Waals surface area contributed by atoms with Gasteiger partial charge in [-0.1, -0.05) is 18.2 Å². The Morgan fingerprint density at radius 1 is 1.15 bits per heavy atom. The lowest BCUT2D eigenvalue weighted by molar-refractivity contribution is 0.176. The third-order valence-corrected chi connectivity index (χ3v) is 6.41. The van der Waals surface area contributed by atoms with E-state index in [4.69, 9.17) is 4.74 Å². The zero-order chi connectivity index (χ0) is 23.7. The van der Waals surface area contributed by atoms with Crippen LogP contribution >= 0.6 is 0 Å². The standard InChI is InChI=1S/C26H27FN4O3/c1-34-26-21(31-19-10-12-29-25-18(19)5-8-22(25)33)7-6-20(23(26)27)28-11-9-15-13-30-24-16(14-32)3-2-4-17(15)24/h2-4,6-7,10,12-13,22,28,30,32-33H,5,8-9,11,14H2,1H3,(H,29,31)/t22-/m0/s1. The van der Waals surface area contributed by atoms with Crippen molar-refractivity contribution in [2.24, 2.45) is 0 Å². The van der Waals surface area contributed by atoms with Crippen LogP contribution in [0, 0.1) is 5.82 Å². The SMILES string of the molecule is COc1c(Nc2ccnc3c2CC[C@@H]3O)ccc(NCCc2c[nH]c3c(CO)cccc23)c1F. The number of fused-ring (bicyclic) bond motifs is 2. The molecule has 5 rings (SSSR count). The lowest BCUT2D eigenvalue weighted by Crippen LogP contribution is -2.08. The number of methoxy groups -OCH3 is 1. The fourth-order valence-electron chi connectivity index (χ4n) is 4.67. The number of benzene rings is 2. The Hall–Kier alpha value is -3.62. The summed E-state index contributed by atoms with van der Waals surface area (Å²) in [5.74, 6) is -0.353. The molecule has 4 aromatic rings. The molecule has 0 bridgehead atoms. The number of H-pyrrole nitrogens is 1. The molecule has 1 aliphatic carbocycles. The maximum absolute atomic E-state index is 15.3. The first-order valence-electron chi connectivity index (χ1n) is 11.3. The van der Waals surface area contributed by atoms with Crippen LogP contribution in [0.5, 0.6) is 5.75 Å². The van der Waals surface area contributed by atoms with Gasteiger partial charge in [-0.25, -0.2) is 4.39 Å². The molecule has 1 atom stereocenters. The van der Waals surface area contributed by atoms with Crippen LogP contribution in [0.4, 0.5) is 21.5 Å². The fraction of sp³-hybridized carbons (Fsp3) is 0.269. The highest BCUT2D eigenvalue weighted by Gasteiger charge is 2.25. The van der Waals surface area contributed by atoms with E-state index in [2.05, 4.69) is 20.6 Å². The van der Waals surface area contributed by atoms with Crippen molar-refractivity contribution >= 4 is 28.0 Å². The highest BCUT2D eigenvalue weighted by atomic mass is 19.1. The molecule has 0 spiro atoms. The van der Waals surface area contributed by atoms with Crippen LogP contribution in [0.1, 0.15) is 34.9 Å². The van der Waals surface area contributed by atoms with Crippen LogP contribution in [0.25, 0.3) is 10.9 Å². The van der Waals surface area contributed by atoms with Gasteiger partial charge in [0.2, 0.25) is 0 Å². The lowest BCUT2D eigenvalue weighted by atomic mass is 10.1. The van der Waals surface area contributed by atoms with E-state index in [9.17, 15) is 10.2 Å². The van der Waals surface area contributed by atoms with Crippen LogP contribution in [0.15, 0.2) is 48.8 Å². The van der Waals surface area contributed by atoms with Gasteiger partial charge in [0.25, 0.3) is 0 Å². The number of aromatic nitrogens is 2. The molecular weight excluding hydrogens is 435 g/mol. The molecule has 0 aliphatic heterocycles. The molecule has 0 amide bonds. The van der Waals surface area contributed by atoms with Gasteiger partial charge in [-0.2, -0.15) is 0 Å². The summed E-state index contributed by atoms with van der Waals surface area (Å²) in [6.45, 7) is 0.503. The second kappa shape index (κ2) is 9.32. The average Bonchev–Trinajstić information content (AvgIpc) is 3.45. The van der Waals surface area contributed by atoms with E-state index < -0.39 is 11.9 Å². The van der Waals surface area contributed by atoms with Crippen LogP contribution < -0.4 is 15.4 Å². The van der Waals surface area contributed by atoms with Gasteiger partial charge >= 0.3 is 0 Å². The summed E-state index contributed by atoms with van der Waals surface area (Å²) in [6.07, 6.45) is 5.04. The van der Waals surface area contributed by atoms with Gasteiger partial charge in [-0.3, -0.25) is 4.98 Å². The van der Waals surface area contributed by atoms with Crippen LogP contribution in [-0.2, 0) is 19.4 Å². The number of rotatable bonds is 8. The molecule has 2 heterocycles. The number of hydrogen-bond acceptors (Lipinski definition) is 6. The largest absolute Gasteiger partial charge is 0.492 e. The zero-order valence-corrected chi connectivity index (χ0v) is 18.9. The Morgan fingerprint density at radius 2 is 2.00 bits per heavy atom. The predicted molar refractivity (Wildman–Crippen MR) is 130 cm³/mol. The Balaban J connectivity index is 1.32. The normalized spacial score (nSPS) is 14.9. The van der Waals surface area contributed by atoms with Gasteiger partial charge in [-0.15, -0.1) is 0 Å². The Labute approximate surface area is 196 Å². The molecule has 0 radical (unpaired) electrons. The molecule has 176 valence electrons. The summed E-state index contributed by atoms with van der Waals surface area (Å²) in [7, 11) is 1.44. The fourth-order valence-corrected chi connectivity index (χ4v) is 4.67. The molecule has 0 unspecified atom stereocenters. The summed E-state index contributed by atoms with van der Waals surface area (Å²) in [5.41, 5.74) is 6.15. The molecule has 0 saturated carbocycles. The number of aromatic amines is 1. The zero-order valence-electron chi connectivity index (χ0n) is 18.9. The Bertz CT molecular complexity index is 1340. The summed E-state index contributed by atoms with van der Waals surface area (Å²) < 4.78 is 20.7. The molecule has 8 heteroatoms. The minimum Gasteiger partial charge on any atom is -0.492 e. The number of ether oxygens (including phenoxy) is 1. The minimum absolute atomic E-state index is 0.0240. The second-order valence-corrected chi connectivity index (χ2v) is 8.40. The number of halogens is 1. The van der Waals surface area contributed by atoms with E-state index in [1.165, 1.54) is 7.11 Å². The molecular formula is C26H27FN4O3. The van der Waals surface area contributed by atoms with E-state index in [0.717, 1.165) is 33.3 Å². The van der Waals surface area contributed by atoms with Crippen molar-refractivity contribution in [2.45, 2.75) is 32.0 Å². The summed E-state index contributed by atoms with van der Waals surface area (Å²) in [5, 5.41) is 27.1. The first kappa shape index (κ1) is 22.2. The number of aliphatic hydroxyl groups is 2. The summed E-state index contributed by atoms with van der Waals surface area (Å²) in [4.78, 5) is 7.51. The number of anilines is 3. The number of para-hydroxylation sites is 1.